The lowest BCUT2D eigenvalue weighted by atomic mass is 9.98. The minimum absolute atomic E-state index is 0.122. The Morgan fingerprint density at radius 3 is 2.07 bits per heavy atom. The summed E-state index contributed by atoms with van der Waals surface area (Å²) < 4.78 is 0. The van der Waals surface area contributed by atoms with Gasteiger partial charge in [-0.2, -0.15) is 0 Å². The average Bonchev–Trinajstić information content (AvgIpc) is 2.15. The van der Waals surface area contributed by atoms with Gasteiger partial charge >= 0.3 is 0 Å². The van der Waals surface area contributed by atoms with Crippen LogP contribution in [0.2, 0.25) is 0 Å². The van der Waals surface area contributed by atoms with Gasteiger partial charge in [0.1, 0.15) is 6.10 Å². The van der Waals surface area contributed by atoms with Crippen LogP contribution < -0.4 is 0 Å². The van der Waals surface area contributed by atoms with E-state index in [1.54, 1.807) is 0 Å². The number of benzene rings is 1. The van der Waals surface area contributed by atoms with Gasteiger partial charge in [0.05, 0.1) is 6.10 Å². The topological polar surface area (TPSA) is 60.7 Å². The third-order valence-electron chi connectivity index (χ3n) is 2.37. The number of aliphatic hydroxyl groups is 3. The molecule has 0 saturated heterocycles. The Labute approximate surface area is 90.0 Å². The molecule has 3 N–H and O–H groups in total. The van der Waals surface area contributed by atoms with E-state index in [2.05, 4.69) is 0 Å². The van der Waals surface area contributed by atoms with Crippen molar-refractivity contribution in [2.45, 2.75) is 32.5 Å². The summed E-state index contributed by atoms with van der Waals surface area (Å²) in [5.41, 5.74) is 2.81. The normalized spacial score (nSPS) is 15.0. The number of aliphatic hydroxyl groups excluding tert-OH is 3. The molecule has 1 rings (SSSR count). The summed E-state index contributed by atoms with van der Waals surface area (Å²) in [4.78, 5) is 0. The van der Waals surface area contributed by atoms with Crippen molar-refractivity contribution >= 4 is 0 Å². The Bertz CT molecular complexity index is 302. The molecule has 0 spiro atoms. The number of aryl methyl sites for hydroxylation is 2. The fourth-order valence-corrected chi connectivity index (χ4v) is 1.69. The zero-order valence-electron chi connectivity index (χ0n) is 9.14. The molecule has 0 fully saturated rings. The fraction of sp³-hybridized carbons (Fsp3) is 0.500. The lowest BCUT2D eigenvalue weighted by Gasteiger charge is -2.18. The van der Waals surface area contributed by atoms with E-state index in [0.29, 0.717) is 5.56 Å². The highest BCUT2D eigenvalue weighted by molar-refractivity contribution is 5.30. The molecule has 1 aromatic rings. The minimum atomic E-state index is -0.921. The van der Waals surface area contributed by atoms with Gasteiger partial charge in [-0.1, -0.05) is 29.3 Å². The van der Waals surface area contributed by atoms with E-state index in [0.717, 1.165) is 11.1 Å². The molecule has 0 bridgehead atoms. The molecule has 0 heterocycles. The molecule has 2 atom stereocenters. The van der Waals surface area contributed by atoms with Crippen LogP contribution in [0.3, 0.4) is 0 Å². The molecular weight excluding hydrogens is 192 g/mol. The quantitative estimate of drug-likeness (QED) is 0.697. The highest BCUT2D eigenvalue weighted by atomic mass is 16.3. The number of hydrogen-bond donors (Lipinski definition) is 3. The van der Waals surface area contributed by atoms with Crippen LogP contribution in [0.15, 0.2) is 18.2 Å². The zero-order chi connectivity index (χ0) is 11.4. The third-order valence-corrected chi connectivity index (χ3v) is 2.37. The van der Waals surface area contributed by atoms with Gasteiger partial charge in [-0.25, -0.2) is 0 Å². The molecule has 84 valence electrons. The van der Waals surface area contributed by atoms with Crippen molar-refractivity contribution in [3.63, 3.8) is 0 Å². The van der Waals surface area contributed by atoms with Crippen molar-refractivity contribution in [2.24, 2.45) is 0 Å². The summed E-state index contributed by atoms with van der Waals surface area (Å²) in [7, 11) is 0. The van der Waals surface area contributed by atoms with Gasteiger partial charge in [-0.05, 0) is 25.8 Å². The van der Waals surface area contributed by atoms with E-state index in [1.165, 1.54) is 0 Å². The summed E-state index contributed by atoms with van der Waals surface area (Å²) in [5.74, 6) is 0. The Balaban J connectivity index is 2.85. The average molecular weight is 210 g/mol. The second kappa shape index (κ2) is 5.26. The maximum atomic E-state index is 9.81. The fourth-order valence-electron chi connectivity index (χ4n) is 1.69. The van der Waals surface area contributed by atoms with E-state index >= 15 is 0 Å². The van der Waals surface area contributed by atoms with Crippen LogP contribution in [-0.2, 0) is 0 Å². The summed E-state index contributed by atoms with van der Waals surface area (Å²) in [5, 5.41) is 28.0. The van der Waals surface area contributed by atoms with Crippen LogP contribution in [-0.4, -0.2) is 28.0 Å². The van der Waals surface area contributed by atoms with Gasteiger partial charge in [0.25, 0.3) is 0 Å². The summed E-state index contributed by atoms with van der Waals surface area (Å²) >= 11 is 0. The lowest BCUT2D eigenvalue weighted by molar-refractivity contribution is 0.00417. The number of rotatable bonds is 4. The van der Waals surface area contributed by atoms with Gasteiger partial charge in [0.2, 0.25) is 0 Å². The maximum Gasteiger partial charge on any atom is 0.105 e. The summed E-state index contributed by atoms with van der Waals surface area (Å²) in [6.45, 7) is 3.77. The van der Waals surface area contributed by atoms with E-state index in [4.69, 9.17) is 5.11 Å². The van der Waals surface area contributed by atoms with E-state index < -0.39 is 12.2 Å². The van der Waals surface area contributed by atoms with Crippen LogP contribution in [0.5, 0.6) is 0 Å². The second-order valence-electron chi connectivity index (χ2n) is 3.95. The van der Waals surface area contributed by atoms with Gasteiger partial charge < -0.3 is 15.3 Å². The van der Waals surface area contributed by atoms with Gasteiger partial charge in [-0.3, -0.25) is 0 Å². The van der Waals surface area contributed by atoms with E-state index in [9.17, 15) is 10.2 Å². The first-order valence-corrected chi connectivity index (χ1v) is 5.09. The smallest absolute Gasteiger partial charge is 0.105 e. The van der Waals surface area contributed by atoms with Gasteiger partial charge in [0, 0.05) is 6.61 Å². The highest BCUT2D eigenvalue weighted by Gasteiger charge is 2.17. The molecular formula is C12H18O3. The first-order valence-electron chi connectivity index (χ1n) is 5.09. The Kier molecular flexibility index (Phi) is 4.27. The molecule has 3 nitrogen and oxygen atoms in total. The third kappa shape index (κ3) is 3.30. The first-order chi connectivity index (χ1) is 7.04. The first kappa shape index (κ1) is 12.2. The van der Waals surface area contributed by atoms with E-state index in [1.807, 2.05) is 32.0 Å². The summed E-state index contributed by atoms with van der Waals surface area (Å²) in [6.07, 6.45) is -1.64. The predicted octanol–water partition coefficient (Wildman–Crippen LogP) is 1.08. The monoisotopic (exact) mass is 210 g/mol. The Hall–Kier alpha value is -0.900. The van der Waals surface area contributed by atoms with Crippen molar-refractivity contribution in [2.75, 3.05) is 6.61 Å². The Morgan fingerprint density at radius 1 is 1.07 bits per heavy atom. The van der Waals surface area contributed by atoms with Crippen LogP contribution in [0.4, 0.5) is 0 Å². The van der Waals surface area contributed by atoms with Crippen LogP contribution in [0.1, 0.15) is 29.2 Å². The molecule has 15 heavy (non-hydrogen) atoms. The zero-order valence-corrected chi connectivity index (χ0v) is 9.14. The molecule has 0 saturated carbocycles. The van der Waals surface area contributed by atoms with Gasteiger partial charge in [0.15, 0.2) is 0 Å². The molecule has 0 aromatic heterocycles. The van der Waals surface area contributed by atoms with E-state index in [-0.39, 0.29) is 13.0 Å². The largest absolute Gasteiger partial charge is 0.396 e. The highest BCUT2D eigenvalue weighted by Crippen LogP contribution is 2.21. The summed E-state index contributed by atoms with van der Waals surface area (Å²) in [6, 6.07) is 5.70. The molecule has 0 amide bonds. The molecule has 3 heteroatoms. The molecule has 0 aliphatic rings. The predicted molar refractivity (Wildman–Crippen MR) is 58.6 cm³/mol. The SMILES string of the molecule is Cc1cc(C)cc(C(O)C(O)CCO)c1. The molecule has 2 unspecified atom stereocenters. The van der Waals surface area contributed by atoms with Crippen molar-refractivity contribution < 1.29 is 15.3 Å². The number of hydrogen-bond acceptors (Lipinski definition) is 3. The van der Waals surface area contributed by atoms with Crippen molar-refractivity contribution in [3.8, 4) is 0 Å². The van der Waals surface area contributed by atoms with Crippen molar-refractivity contribution in [1.82, 2.24) is 0 Å². The maximum absolute atomic E-state index is 9.81. The molecule has 0 aliphatic heterocycles. The van der Waals surface area contributed by atoms with Crippen molar-refractivity contribution in [3.05, 3.63) is 34.9 Å². The van der Waals surface area contributed by atoms with Crippen molar-refractivity contribution in [1.29, 1.82) is 0 Å². The van der Waals surface area contributed by atoms with Crippen LogP contribution in [0, 0.1) is 13.8 Å². The Morgan fingerprint density at radius 2 is 1.60 bits per heavy atom. The molecule has 1 aromatic carbocycles. The molecule has 0 aliphatic carbocycles. The standard InChI is InChI=1S/C12H18O3/c1-8-5-9(2)7-10(6-8)12(15)11(14)3-4-13/h5-7,11-15H,3-4H2,1-2H3. The van der Waals surface area contributed by atoms with Crippen LogP contribution >= 0.6 is 0 Å². The van der Waals surface area contributed by atoms with Crippen LogP contribution in [0.25, 0.3) is 0 Å². The minimum Gasteiger partial charge on any atom is -0.396 e. The second-order valence-corrected chi connectivity index (χ2v) is 3.95. The van der Waals surface area contributed by atoms with Gasteiger partial charge in [-0.15, -0.1) is 0 Å². The lowest BCUT2D eigenvalue weighted by Crippen LogP contribution is -2.19. The molecule has 0 radical (unpaired) electrons.